The molecule has 0 spiro atoms. The van der Waals surface area contributed by atoms with E-state index >= 15 is 0 Å². The number of nitrogens with zero attached hydrogens (tertiary/aromatic N) is 1. The molecule has 4 aromatic rings. The van der Waals surface area contributed by atoms with Gasteiger partial charge in [0.25, 0.3) is 0 Å². The number of ether oxygens (including phenoxy) is 1. The van der Waals surface area contributed by atoms with Gasteiger partial charge in [0.15, 0.2) is 0 Å². The summed E-state index contributed by atoms with van der Waals surface area (Å²) in [5.74, 6) is -0.322. The molecule has 0 radical (unpaired) electrons. The molecule has 0 amide bonds. The third-order valence-electron chi connectivity index (χ3n) is 4.11. The van der Waals surface area contributed by atoms with E-state index < -0.39 is 0 Å². The largest absolute Gasteiger partial charge is 0.465 e. The molecule has 0 unspecified atom stereocenters. The number of fused-ring (bicyclic) bond motifs is 3. The van der Waals surface area contributed by atoms with Crippen LogP contribution >= 0.6 is 0 Å². The van der Waals surface area contributed by atoms with Gasteiger partial charge in [0.05, 0.1) is 23.7 Å². The molecule has 23 heavy (non-hydrogen) atoms. The van der Waals surface area contributed by atoms with Crippen molar-refractivity contribution in [1.82, 2.24) is 4.57 Å². The Morgan fingerprint density at radius 1 is 0.826 bits per heavy atom. The number of methoxy groups -OCH3 is 1. The van der Waals surface area contributed by atoms with E-state index in [0.29, 0.717) is 5.56 Å². The van der Waals surface area contributed by atoms with Gasteiger partial charge < -0.3 is 9.30 Å². The molecule has 0 atom stereocenters. The second kappa shape index (κ2) is 5.29. The van der Waals surface area contributed by atoms with E-state index in [0.717, 1.165) is 22.1 Å². The third kappa shape index (κ3) is 2.09. The summed E-state index contributed by atoms with van der Waals surface area (Å²) in [6.45, 7) is 0. The summed E-state index contributed by atoms with van der Waals surface area (Å²) < 4.78 is 7.03. The van der Waals surface area contributed by atoms with Crippen LogP contribution in [-0.2, 0) is 4.74 Å². The highest BCUT2D eigenvalue weighted by Crippen LogP contribution is 2.32. The van der Waals surface area contributed by atoms with Crippen molar-refractivity contribution in [3.63, 3.8) is 0 Å². The van der Waals surface area contributed by atoms with Crippen molar-refractivity contribution in [2.45, 2.75) is 0 Å². The van der Waals surface area contributed by atoms with Crippen LogP contribution in [0.4, 0.5) is 0 Å². The van der Waals surface area contributed by atoms with E-state index in [-0.39, 0.29) is 5.97 Å². The Balaban J connectivity index is 2.13. The first-order valence-corrected chi connectivity index (χ1v) is 7.46. The molecule has 0 N–H and O–H groups in total. The summed E-state index contributed by atoms with van der Waals surface area (Å²) in [7, 11) is 1.40. The smallest absolute Gasteiger partial charge is 0.337 e. The average Bonchev–Trinajstić information content (AvgIpc) is 2.95. The maximum atomic E-state index is 11.9. The number of rotatable bonds is 2. The fourth-order valence-corrected chi connectivity index (χ4v) is 3.07. The van der Waals surface area contributed by atoms with Crippen LogP contribution in [0.15, 0.2) is 72.8 Å². The van der Waals surface area contributed by atoms with Crippen molar-refractivity contribution in [3.05, 3.63) is 78.4 Å². The molecular weight excluding hydrogens is 286 g/mol. The number of hydrogen-bond donors (Lipinski definition) is 0. The summed E-state index contributed by atoms with van der Waals surface area (Å²) in [6.07, 6.45) is 0. The van der Waals surface area contributed by atoms with Crippen LogP contribution in [0.5, 0.6) is 0 Å². The summed E-state index contributed by atoms with van der Waals surface area (Å²) in [6, 6.07) is 24.1. The van der Waals surface area contributed by atoms with Crippen LogP contribution in [0.25, 0.3) is 27.5 Å². The van der Waals surface area contributed by atoms with Gasteiger partial charge in [-0.15, -0.1) is 0 Å². The molecular formula is C20H15NO2. The minimum absolute atomic E-state index is 0.322. The summed E-state index contributed by atoms with van der Waals surface area (Å²) >= 11 is 0. The second-order valence-corrected chi connectivity index (χ2v) is 5.41. The van der Waals surface area contributed by atoms with Crippen molar-refractivity contribution in [1.29, 1.82) is 0 Å². The van der Waals surface area contributed by atoms with E-state index in [1.54, 1.807) is 0 Å². The van der Waals surface area contributed by atoms with Gasteiger partial charge in [0, 0.05) is 16.5 Å². The van der Waals surface area contributed by atoms with Gasteiger partial charge in [-0.25, -0.2) is 4.79 Å². The van der Waals surface area contributed by atoms with E-state index in [4.69, 9.17) is 4.74 Å². The highest BCUT2D eigenvalue weighted by atomic mass is 16.5. The number of benzene rings is 3. The number of aromatic nitrogens is 1. The van der Waals surface area contributed by atoms with Crippen LogP contribution in [0.2, 0.25) is 0 Å². The Hall–Kier alpha value is -3.07. The molecule has 112 valence electrons. The maximum Gasteiger partial charge on any atom is 0.337 e. The van der Waals surface area contributed by atoms with Gasteiger partial charge in [-0.1, -0.05) is 42.5 Å². The van der Waals surface area contributed by atoms with Crippen molar-refractivity contribution in [2.75, 3.05) is 7.11 Å². The number of para-hydroxylation sites is 2. The lowest BCUT2D eigenvalue weighted by Gasteiger charge is -2.08. The molecule has 0 bridgehead atoms. The number of carbonyl (C=O) groups excluding carboxylic acids is 1. The molecule has 0 saturated heterocycles. The average molecular weight is 301 g/mol. The number of esters is 1. The molecule has 1 heterocycles. The Labute approximate surface area is 133 Å². The molecule has 3 aromatic carbocycles. The molecule has 1 aromatic heterocycles. The summed E-state index contributed by atoms with van der Waals surface area (Å²) in [4.78, 5) is 11.9. The molecule has 0 saturated carbocycles. The van der Waals surface area contributed by atoms with Crippen LogP contribution in [0.3, 0.4) is 0 Å². The molecule has 0 aliphatic heterocycles. The fraction of sp³-hybridized carbons (Fsp3) is 0.0500. The Morgan fingerprint density at radius 2 is 1.52 bits per heavy atom. The minimum Gasteiger partial charge on any atom is -0.465 e. The highest BCUT2D eigenvalue weighted by Gasteiger charge is 2.14. The first kappa shape index (κ1) is 13.6. The van der Waals surface area contributed by atoms with Crippen LogP contribution in [0, 0.1) is 0 Å². The summed E-state index contributed by atoms with van der Waals surface area (Å²) in [5.41, 5.74) is 3.75. The molecule has 3 nitrogen and oxygen atoms in total. The van der Waals surface area contributed by atoms with E-state index in [2.05, 4.69) is 28.8 Å². The normalized spacial score (nSPS) is 11.0. The SMILES string of the molecule is COC(=O)c1ccc2c3ccccc3n(-c3ccccc3)c2c1. The van der Waals surface area contributed by atoms with Gasteiger partial charge in [-0.05, 0) is 30.3 Å². The molecule has 0 fully saturated rings. The molecule has 4 rings (SSSR count). The van der Waals surface area contributed by atoms with Gasteiger partial charge in [0.2, 0.25) is 0 Å². The lowest BCUT2D eigenvalue weighted by molar-refractivity contribution is 0.0601. The molecule has 0 aliphatic rings. The van der Waals surface area contributed by atoms with E-state index in [1.165, 1.54) is 12.5 Å². The molecule has 3 heteroatoms. The van der Waals surface area contributed by atoms with Gasteiger partial charge in [-0.2, -0.15) is 0 Å². The van der Waals surface area contributed by atoms with Crippen molar-refractivity contribution < 1.29 is 9.53 Å². The first-order chi connectivity index (χ1) is 11.3. The van der Waals surface area contributed by atoms with Crippen molar-refractivity contribution in [3.8, 4) is 5.69 Å². The minimum atomic E-state index is -0.322. The fourth-order valence-electron chi connectivity index (χ4n) is 3.07. The van der Waals surface area contributed by atoms with E-state index in [9.17, 15) is 4.79 Å². The van der Waals surface area contributed by atoms with Gasteiger partial charge >= 0.3 is 5.97 Å². The van der Waals surface area contributed by atoms with Crippen LogP contribution in [0.1, 0.15) is 10.4 Å². The zero-order chi connectivity index (χ0) is 15.8. The van der Waals surface area contributed by atoms with E-state index in [1.807, 2.05) is 48.5 Å². The van der Waals surface area contributed by atoms with Crippen LogP contribution in [-0.4, -0.2) is 17.6 Å². The van der Waals surface area contributed by atoms with Gasteiger partial charge in [-0.3, -0.25) is 0 Å². The first-order valence-electron chi connectivity index (χ1n) is 7.46. The lowest BCUT2D eigenvalue weighted by atomic mass is 10.1. The Morgan fingerprint density at radius 3 is 2.30 bits per heavy atom. The monoisotopic (exact) mass is 301 g/mol. The Bertz CT molecular complexity index is 1020. The van der Waals surface area contributed by atoms with Crippen LogP contribution < -0.4 is 0 Å². The zero-order valence-corrected chi connectivity index (χ0v) is 12.7. The lowest BCUT2D eigenvalue weighted by Crippen LogP contribution is -2.01. The highest BCUT2D eigenvalue weighted by molar-refractivity contribution is 6.10. The van der Waals surface area contributed by atoms with Gasteiger partial charge in [0.1, 0.15) is 0 Å². The predicted octanol–water partition coefficient (Wildman–Crippen LogP) is 4.57. The number of hydrogen-bond acceptors (Lipinski definition) is 2. The third-order valence-corrected chi connectivity index (χ3v) is 4.11. The maximum absolute atomic E-state index is 11.9. The second-order valence-electron chi connectivity index (χ2n) is 5.41. The Kier molecular flexibility index (Phi) is 3.12. The van der Waals surface area contributed by atoms with Crippen molar-refractivity contribution >= 4 is 27.8 Å². The summed E-state index contributed by atoms with van der Waals surface area (Å²) in [5, 5.41) is 2.29. The number of carbonyl (C=O) groups is 1. The van der Waals surface area contributed by atoms with Crippen molar-refractivity contribution in [2.24, 2.45) is 0 Å². The standard InChI is InChI=1S/C20H15NO2/c1-23-20(22)14-11-12-17-16-9-5-6-10-18(16)21(19(17)13-14)15-7-3-2-4-8-15/h2-13H,1H3. The topological polar surface area (TPSA) is 31.2 Å². The quantitative estimate of drug-likeness (QED) is 0.508. The molecule has 0 aliphatic carbocycles. The zero-order valence-electron chi connectivity index (χ0n) is 12.7. The predicted molar refractivity (Wildman–Crippen MR) is 92.1 cm³/mol.